The molecule has 1 aromatic carbocycles. The number of hydrogen-bond donors (Lipinski definition) is 1. The number of nitrogens with one attached hydrogen (secondary N) is 1. The quantitative estimate of drug-likeness (QED) is 0.486. The average molecular weight is 472 g/mol. The van der Waals surface area contributed by atoms with E-state index in [1.807, 2.05) is 0 Å². The lowest BCUT2D eigenvalue weighted by Crippen LogP contribution is -2.28. The Labute approximate surface area is 192 Å². The molecule has 3 heterocycles. The highest BCUT2D eigenvalue weighted by atomic mass is 32.1. The highest BCUT2D eigenvalue weighted by molar-refractivity contribution is 7.19. The largest absolute Gasteiger partial charge is 0.352 e. The maximum Gasteiger partial charge on any atom is 0.352 e. The van der Waals surface area contributed by atoms with E-state index in [0.717, 1.165) is 46.3 Å². The van der Waals surface area contributed by atoms with Crippen LogP contribution in [0.3, 0.4) is 0 Å². The number of fused-ring (bicyclic) bond motifs is 5. The lowest BCUT2D eigenvalue weighted by molar-refractivity contribution is -0.117. The molecule has 0 saturated carbocycles. The first-order chi connectivity index (χ1) is 15.6. The van der Waals surface area contributed by atoms with Crippen LogP contribution in [-0.4, -0.2) is 25.1 Å². The Hall–Kier alpha value is -3.14. The van der Waals surface area contributed by atoms with Crippen molar-refractivity contribution in [2.45, 2.75) is 46.6 Å². The van der Waals surface area contributed by atoms with Crippen LogP contribution in [0.4, 0.5) is 14.5 Å². The smallest absolute Gasteiger partial charge is 0.324 e. The number of rotatable bonds is 3. The number of carbonyl (C=O) groups is 1. The van der Waals surface area contributed by atoms with Gasteiger partial charge in [0.15, 0.2) is 17.3 Å². The van der Waals surface area contributed by atoms with E-state index in [0.29, 0.717) is 11.6 Å². The molecule has 4 aromatic rings. The highest BCUT2D eigenvalue weighted by Gasteiger charge is 2.32. The van der Waals surface area contributed by atoms with E-state index in [4.69, 9.17) is 0 Å². The van der Waals surface area contributed by atoms with Crippen LogP contribution in [-0.2, 0) is 24.2 Å². The minimum Gasteiger partial charge on any atom is -0.324 e. The molecule has 1 aliphatic rings. The van der Waals surface area contributed by atoms with Crippen molar-refractivity contribution in [3.8, 4) is 0 Å². The number of anilines is 1. The summed E-state index contributed by atoms with van der Waals surface area (Å²) in [7, 11) is 0. The summed E-state index contributed by atoms with van der Waals surface area (Å²) in [4.78, 5) is 31.9. The number of aryl methyl sites for hydroxylation is 1. The Morgan fingerprint density at radius 1 is 1.27 bits per heavy atom. The normalized spacial score (nSPS) is 16.3. The first-order valence-corrected chi connectivity index (χ1v) is 11.6. The second-order valence-corrected chi connectivity index (χ2v) is 10.6. The summed E-state index contributed by atoms with van der Waals surface area (Å²) >= 11 is 1.65. The van der Waals surface area contributed by atoms with Gasteiger partial charge in [-0.2, -0.15) is 0 Å². The Balaban J connectivity index is 1.48. The molecule has 0 bridgehead atoms. The number of thiophene rings is 1. The minimum atomic E-state index is -1.07. The van der Waals surface area contributed by atoms with Crippen LogP contribution in [0.2, 0.25) is 0 Å². The second-order valence-electron chi connectivity index (χ2n) is 9.55. The molecule has 1 N–H and O–H groups in total. The third-order valence-corrected chi connectivity index (χ3v) is 7.52. The molecule has 10 heteroatoms. The summed E-state index contributed by atoms with van der Waals surface area (Å²) in [6, 6.07) is 3.06. The van der Waals surface area contributed by atoms with Crippen molar-refractivity contribution in [3.63, 3.8) is 0 Å². The number of carbonyl (C=O) groups excluding carboxylic acids is 1. The predicted molar refractivity (Wildman–Crippen MR) is 123 cm³/mol. The molecule has 0 aliphatic heterocycles. The van der Waals surface area contributed by atoms with Crippen molar-refractivity contribution in [1.29, 1.82) is 0 Å². The fraction of sp³-hybridized carbons (Fsp3) is 0.391. The molecule has 33 heavy (non-hydrogen) atoms. The second kappa shape index (κ2) is 7.72. The van der Waals surface area contributed by atoms with Crippen LogP contribution in [0, 0.1) is 23.0 Å². The van der Waals surface area contributed by atoms with Gasteiger partial charge in [0.25, 0.3) is 0 Å². The van der Waals surface area contributed by atoms with Crippen LogP contribution in [0.1, 0.15) is 37.6 Å². The molecule has 0 saturated heterocycles. The van der Waals surface area contributed by atoms with Crippen LogP contribution >= 0.6 is 11.3 Å². The number of halogens is 2. The topological polar surface area (TPSA) is 81.3 Å². The first-order valence-electron chi connectivity index (χ1n) is 10.7. The van der Waals surface area contributed by atoms with Gasteiger partial charge in [0.1, 0.15) is 17.7 Å². The molecule has 1 atom stereocenters. The van der Waals surface area contributed by atoms with E-state index in [1.165, 1.54) is 27.2 Å². The van der Waals surface area contributed by atoms with Gasteiger partial charge in [-0.05, 0) is 48.3 Å². The Bertz CT molecular complexity index is 1460. The van der Waals surface area contributed by atoms with Gasteiger partial charge < -0.3 is 5.32 Å². The van der Waals surface area contributed by atoms with Gasteiger partial charge in [-0.3, -0.25) is 4.79 Å². The molecular formula is C23H23F2N5O2S. The summed E-state index contributed by atoms with van der Waals surface area (Å²) in [5.41, 5.74) is 1.51. The maximum atomic E-state index is 13.4. The summed E-state index contributed by atoms with van der Waals surface area (Å²) in [6.45, 7) is 6.43. The molecule has 172 valence electrons. The number of amides is 1. The fourth-order valence-electron chi connectivity index (χ4n) is 4.45. The summed E-state index contributed by atoms with van der Waals surface area (Å²) < 4.78 is 28.9. The van der Waals surface area contributed by atoms with E-state index in [9.17, 15) is 18.4 Å². The van der Waals surface area contributed by atoms with Crippen molar-refractivity contribution in [3.05, 3.63) is 57.1 Å². The zero-order chi connectivity index (χ0) is 23.5. The molecule has 1 aliphatic carbocycles. The summed E-state index contributed by atoms with van der Waals surface area (Å²) in [5.74, 6) is -2.07. The van der Waals surface area contributed by atoms with Gasteiger partial charge in [-0.25, -0.2) is 27.6 Å². The van der Waals surface area contributed by atoms with E-state index in [-0.39, 0.29) is 17.6 Å². The number of nitrogens with zero attached hydrogens (tertiary/aromatic N) is 4. The van der Waals surface area contributed by atoms with Crippen LogP contribution in [0.25, 0.3) is 15.9 Å². The van der Waals surface area contributed by atoms with E-state index < -0.39 is 23.2 Å². The molecule has 0 unspecified atom stereocenters. The zero-order valence-electron chi connectivity index (χ0n) is 18.5. The highest BCUT2D eigenvalue weighted by Crippen LogP contribution is 2.43. The minimum absolute atomic E-state index is 0.0973. The van der Waals surface area contributed by atoms with E-state index in [2.05, 4.69) is 36.2 Å². The van der Waals surface area contributed by atoms with Crippen molar-refractivity contribution in [2.75, 3.05) is 5.32 Å². The predicted octanol–water partition coefficient (Wildman–Crippen LogP) is 4.17. The third-order valence-electron chi connectivity index (χ3n) is 6.35. The fourth-order valence-corrected chi connectivity index (χ4v) is 5.71. The van der Waals surface area contributed by atoms with Gasteiger partial charge in [0.05, 0.1) is 5.39 Å². The van der Waals surface area contributed by atoms with Crippen molar-refractivity contribution in [2.24, 2.45) is 11.3 Å². The molecule has 0 radical (unpaired) electrons. The lowest BCUT2D eigenvalue weighted by atomic mass is 9.72. The molecule has 3 aromatic heterocycles. The summed E-state index contributed by atoms with van der Waals surface area (Å²) in [6.07, 6.45) is 4.38. The average Bonchev–Trinajstić information content (AvgIpc) is 3.27. The van der Waals surface area contributed by atoms with Crippen LogP contribution in [0.15, 0.2) is 29.3 Å². The lowest BCUT2D eigenvalue weighted by Gasteiger charge is -2.33. The van der Waals surface area contributed by atoms with E-state index >= 15 is 0 Å². The van der Waals surface area contributed by atoms with Gasteiger partial charge in [-0.15, -0.1) is 16.4 Å². The SMILES string of the molecule is CC(C)(C)[C@H]1CCc2c(sc3ncn4c(=O)n(CC(=O)Nc5ccc(F)c(F)c5)nc4c23)C1. The Kier molecular flexibility index (Phi) is 5.08. The van der Waals surface area contributed by atoms with Gasteiger partial charge >= 0.3 is 5.69 Å². The van der Waals surface area contributed by atoms with Crippen LogP contribution < -0.4 is 11.0 Å². The Morgan fingerprint density at radius 3 is 2.79 bits per heavy atom. The molecule has 0 fully saturated rings. The van der Waals surface area contributed by atoms with Crippen molar-refractivity contribution >= 4 is 38.8 Å². The molecule has 5 rings (SSSR count). The molecular weight excluding hydrogens is 448 g/mol. The molecule has 1 amide bonds. The third kappa shape index (κ3) is 3.82. The summed E-state index contributed by atoms with van der Waals surface area (Å²) in [5, 5.41) is 7.78. The van der Waals surface area contributed by atoms with Gasteiger partial charge in [0.2, 0.25) is 5.91 Å². The monoisotopic (exact) mass is 471 g/mol. The zero-order valence-corrected chi connectivity index (χ0v) is 19.3. The number of hydrogen-bond acceptors (Lipinski definition) is 5. The number of aromatic nitrogens is 4. The van der Waals surface area contributed by atoms with Gasteiger partial charge in [-0.1, -0.05) is 20.8 Å². The number of benzene rings is 1. The maximum absolute atomic E-state index is 13.4. The van der Waals surface area contributed by atoms with Crippen molar-refractivity contribution in [1.82, 2.24) is 19.2 Å². The van der Waals surface area contributed by atoms with Gasteiger partial charge in [0, 0.05) is 16.6 Å². The first kappa shape index (κ1) is 21.7. The van der Waals surface area contributed by atoms with E-state index in [1.54, 1.807) is 11.3 Å². The van der Waals surface area contributed by atoms with Crippen LogP contribution in [0.5, 0.6) is 0 Å². The Morgan fingerprint density at radius 2 is 2.06 bits per heavy atom. The van der Waals surface area contributed by atoms with Crippen molar-refractivity contribution < 1.29 is 13.6 Å². The molecule has 7 nitrogen and oxygen atoms in total. The standard InChI is InChI=1S/C23H23F2N5O2S/c1-23(2,3)12-4-6-14-17(8-12)33-21-19(14)20-28-30(22(32)29(20)11-26-21)10-18(31)27-13-5-7-15(24)16(25)9-13/h5,7,9,11-12H,4,6,8,10H2,1-3H3,(H,27,31)/t12-/m0/s1. The molecule has 0 spiro atoms.